The van der Waals surface area contributed by atoms with Crippen molar-refractivity contribution in [3.8, 4) is 5.75 Å². The molecule has 1 aromatic heterocycles. The average molecular weight is 235 g/mol. The summed E-state index contributed by atoms with van der Waals surface area (Å²) in [4.78, 5) is 10.3. The Hall–Kier alpha value is -2.01. The molecule has 0 saturated heterocycles. The van der Waals surface area contributed by atoms with Crippen molar-refractivity contribution in [3.05, 3.63) is 30.0 Å². The SMILES string of the molecule is COc1cccc2cc(CNCC(=O)O)oc12. The van der Waals surface area contributed by atoms with E-state index in [1.165, 1.54) is 0 Å². The van der Waals surface area contributed by atoms with Gasteiger partial charge < -0.3 is 14.3 Å². The van der Waals surface area contributed by atoms with Crippen LogP contribution in [0.1, 0.15) is 5.76 Å². The Balaban J connectivity index is 2.17. The minimum absolute atomic E-state index is 0.0891. The molecule has 0 atom stereocenters. The number of hydrogen-bond acceptors (Lipinski definition) is 4. The molecule has 90 valence electrons. The van der Waals surface area contributed by atoms with Crippen LogP contribution in [0.25, 0.3) is 11.0 Å². The number of carboxylic acid groups (broad SMARTS) is 1. The summed E-state index contributed by atoms with van der Waals surface area (Å²) in [5.74, 6) is 0.469. The van der Waals surface area contributed by atoms with E-state index in [-0.39, 0.29) is 6.54 Å². The van der Waals surface area contributed by atoms with Gasteiger partial charge in [-0.15, -0.1) is 0 Å². The number of carbonyl (C=O) groups is 1. The van der Waals surface area contributed by atoms with Gasteiger partial charge in [-0.3, -0.25) is 10.1 Å². The Morgan fingerprint density at radius 2 is 2.35 bits per heavy atom. The summed E-state index contributed by atoms with van der Waals surface area (Å²) in [7, 11) is 1.58. The predicted octanol–water partition coefficient (Wildman–Crippen LogP) is 1.62. The van der Waals surface area contributed by atoms with Crippen molar-refractivity contribution in [1.82, 2.24) is 5.32 Å². The zero-order valence-corrected chi connectivity index (χ0v) is 9.40. The number of benzene rings is 1. The fourth-order valence-electron chi connectivity index (χ4n) is 1.63. The average Bonchev–Trinajstić information content (AvgIpc) is 2.70. The van der Waals surface area contributed by atoms with E-state index in [9.17, 15) is 4.79 Å². The number of carboxylic acids is 1. The van der Waals surface area contributed by atoms with Crippen LogP contribution in [0.4, 0.5) is 0 Å². The van der Waals surface area contributed by atoms with Gasteiger partial charge in [-0.05, 0) is 12.1 Å². The lowest BCUT2D eigenvalue weighted by atomic mass is 10.2. The molecule has 0 amide bonds. The third-order valence-corrected chi connectivity index (χ3v) is 2.35. The minimum Gasteiger partial charge on any atom is -0.493 e. The Morgan fingerprint density at radius 3 is 3.06 bits per heavy atom. The Labute approximate surface area is 98.0 Å². The molecule has 2 rings (SSSR count). The second-order valence-corrected chi connectivity index (χ2v) is 3.59. The number of methoxy groups -OCH3 is 1. The number of ether oxygens (including phenoxy) is 1. The molecule has 1 heterocycles. The zero-order chi connectivity index (χ0) is 12.3. The van der Waals surface area contributed by atoms with Crippen LogP contribution in [0.3, 0.4) is 0 Å². The van der Waals surface area contributed by atoms with E-state index < -0.39 is 5.97 Å². The molecule has 2 N–H and O–H groups in total. The Bertz CT molecular complexity index is 532. The van der Waals surface area contributed by atoms with Crippen LogP contribution in [0, 0.1) is 0 Å². The molecule has 5 heteroatoms. The Kier molecular flexibility index (Phi) is 3.30. The highest BCUT2D eigenvalue weighted by Gasteiger charge is 2.08. The summed E-state index contributed by atoms with van der Waals surface area (Å²) < 4.78 is 10.8. The third kappa shape index (κ3) is 2.57. The standard InChI is InChI=1S/C12H13NO4/c1-16-10-4-2-3-8-5-9(17-12(8)10)6-13-7-11(14)15/h2-5,13H,6-7H2,1H3,(H,14,15). The molecular formula is C12H13NO4. The number of hydrogen-bond donors (Lipinski definition) is 2. The highest BCUT2D eigenvalue weighted by molar-refractivity contribution is 5.83. The maximum absolute atomic E-state index is 10.3. The topological polar surface area (TPSA) is 71.7 Å². The van der Waals surface area contributed by atoms with Crippen molar-refractivity contribution in [3.63, 3.8) is 0 Å². The maximum atomic E-state index is 10.3. The van der Waals surface area contributed by atoms with Crippen LogP contribution < -0.4 is 10.1 Å². The largest absolute Gasteiger partial charge is 0.493 e. The number of rotatable bonds is 5. The minimum atomic E-state index is -0.890. The summed E-state index contributed by atoms with van der Waals surface area (Å²) in [6.45, 7) is 0.290. The van der Waals surface area contributed by atoms with Gasteiger partial charge in [-0.25, -0.2) is 0 Å². The molecule has 0 aliphatic rings. The summed E-state index contributed by atoms with van der Waals surface area (Å²) in [6.07, 6.45) is 0. The highest BCUT2D eigenvalue weighted by atomic mass is 16.5. The maximum Gasteiger partial charge on any atom is 0.317 e. The third-order valence-electron chi connectivity index (χ3n) is 2.35. The van der Waals surface area contributed by atoms with E-state index in [1.807, 2.05) is 24.3 Å². The number of furan rings is 1. The van der Waals surface area contributed by atoms with Gasteiger partial charge in [0.25, 0.3) is 0 Å². The van der Waals surface area contributed by atoms with Crippen LogP contribution in [0.15, 0.2) is 28.7 Å². The molecule has 1 aromatic carbocycles. The molecule has 0 aliphatic carbocycles. The van der Waals surface area contributed by atoms with Crippen molar-refractivity contribution in [2.24, 2.45) is 0 Å². The van der Waals surface area contributed by atoms with Gasteiger partial charge in [0.15, 0.2) is 11.3 Å². The van der Waals surface area contributed by atoms with E-state index in [1.54, 1.807) is 7.11 Å². The van der Waals surface area contributed by atoms with Gasteiger partial charge in [-0.1, -0.05) is 12.1 Å². The summed E-state index contributed by atoms with van der Waals surface area (Å²) in [5, 5.41) is 12.2. The van der Waals surface area contributed by atoms with E-state index in [4.69, 9.17) is 14.3 Å². The molecule has 0 radical (unpaired) electrons. The lowest BCUT2D eigenvalue weighted by molar-refractivity contribution is -0.136. The number of aliphatic carboxylic acids is 1. The molecule has 0 aliphatic heterocycles. The number of nitrogens with one attached hydrogen (secondary N) is 1. The molecule has 0 saturated carbocycles. The van der Waals surface area contributed by atoms with Gasteiger partial charge in [0.1, 0.15) is 5.76 Å². The van der Waals surface area contributed by atoms with Gasteiger partial charge in [0, 0.05) is 5.39 Å². The van der Waals surface area contributed by atoms with Crippen LogP contribution in [-0.2, 0) is 11.3 Å². The van der Waals surface area contributed by atoms with Gasteiger partial charge in [0.2, 0.25) is 0 Å². The normalized spacial score (nSPS) is 10.6. The quantitative estimate of drug-likeness (QED) is 0.823. The Morgan fingerprint density at radius 1 is 1.53 bits per heavy atom. The van der Waals surface area contributed by atoms with Crippen molar-refractivity contribution >= 4 is 16.9 Å². The van der Waals surface area contributed by atoms with Crippen molar-refractivity contribution in [2.45, 2.75) is 6.54 Å². The van der Waals surface area contributed by atoms with Crippen molar-refractivity contribution in [2.75, 3.05) is 13.7 Å². The molecule has 0 unspecified atom stereocenters. The lowest BCUT2D eigenvalue weighted by Crippen LogP contribution is -2.21. The summed E-state index contributed by atoms with van der Waals surface area (Å²) in [6, 6.07) is 7.49. The number of para-hydroxylation sites is 1. The fraction of sp³-hybridized carbons (Fsp3) is 0.250. The van der Waals surface area contributed by atoms with Crippen LogP contribution >= 0.6 is 0 Å². The second-order valence-electron chi connectivity index (χ2n) is 3.59. The molecule has 5 nitrogen and oxygen atoms in total. The molecular weight excluding hydrogens is 222 g/mol. The van der Waals surface area contributed by atoms with Crippen LogP contribution in [0.5, 0.6) is 5.75 Å². The molecule has 0 fully saturated rings. The number of fused-ring (bicyclic) bond motifs is 1. The second kappa shape index (κ2) is 4.88. The van der Waals surface area contributed by atoms with Crippen molar-refractivity contribution in [1.29, 1.82) is 0 Å². The van der Waals surface area contributed by atoms with E-state index >= 15 is 0 Å². The van der Waals surface area contributed by atoms with Gasteiger partial charge in [-0.2, -0.15) is 0 Å². The molecule has 0 bridgehead atoms. The lowest BCUT2D eigenvalue weighted by Gasteiger charge is -1.99. The monoisotopic (exact) mass is 235 g/mol. The smallest absolute Gasteiger partial charge is 0.317 e. The first-order chi connectivity index (χ1) is 8.20. The van der Waals surface area contributed by atoms with Gasteiger partial charge >= 0.3 is 5.97 Å². The van der Waals surface area contributed by atoms with E-state index in [0.29, 0.717) is 23.6 Å². The summed E-state index contributed by atoms with van der Waals surface area (Å²) >= 11 is 0. The zero-order valence-electron chi connectivity index (χ0n) is 9.40. The van der Waals surface area contributed by atoms with Crippen LogP contribution in [-0.4, -0.2) is 24.7 Å². The summed E-state index contributed by atoms with van der Waals surface area (Å²) in [5.41, 5.74) is 0.683. The first-order valence-electron chi connectivity index (χ1n) is 5.18. The van der Waals surface area contributed by atoms with E-state index in [2.05, 4.69) is 5.32 Å². The first kappa shape index (κ1) is 11.5. The molecule has 0 spiro atoms. The highest BCUT2D eigenvalue weighted by Crippen LogP contribution is 2.28. The van der Waals surface area contributed by atoms with Crippen molar-refractivity contribution < 1.29 is 19.1 Å². The van der Waals surface area contributed by atoms with Crippen LogP contribution in [0.2, 0.25) is 0 Å². The fourth-order valence-corrected chi connectivity index (χ4v) is 1.63. The van der Waals surface area contributed by atoms with Gasteiger partial charge in [0.05, 0.1) is 20.2 Å². The molecule has 17 heavy (non-hydrogen) atoms. The van der Waals surface area contributed by atoms with E-state index in [0.717, 1.165) is 5.39 Å². The molecule has 2 aromatic rings. The predicted molar refractivity (Wildman–Crippen MR) is 62.1 cm³/mol. The first-order valence-corrected chi connectivity index (χ1v) is 5.18.